The molecule has 0 spiro atoms. The number of methoxy groups -OCH3 is 1. The summed E-state index contributed by atoms with van der Waals surface area (Å²) in [5.74, 6) is 1.52. The van der Waals surface area contributed by atoms with Gasteiger partial charge in [-0.1, -0.05) is 11.6 Å². The number of rotatable bonds is 3. The van der Waals surface area contributed by atoms with Gasteiger partial charge in [0.25, 0.3) is 0 Å². The summed E-state index contributed by atoms with van der Waals surface area (Å²) in [7, 11) is 1.57. The molecule has 2 rings (SSSR count). The third-order valence-corrected chi connectivity index (χ3v) is 2.50. The average Bonchev–Trinajstić information content (AvgIpc) is 2.77. The fourth-order valence-electron chi connectivity index (χ4n) is 1.38. The van der Waals surface area contributed by atoms with Crippen LogP contribution in [-0.4, -0.2) is 13.4 Å². The third kappa shape index (κ3) is 1.95. The summed E-state index contributed by atoms with van der Waals surface area (Å²) in [6.45, 7) is 0. The second kappa shape index (κ2) is 4.41. The Balaban J connectivity index is 2.43. The zero-order valence-electron chi connectivity index (χ0n) is 8.57. The van der Waals surface area contributed by atoms with Crippen LogP contribution in [-0.2, 0) is 0 Å². The Morgan fingerprint density at radius 3 is 2.69 bits per heavy atom. The van der Waals surface area contributed by atoms with Crippen molar-refractivity contribution in [2.75, 3.05) is 7.11 Å². The molecule has 0 aliphatic rings. The minimum absolute atomic E-state index is 0.280. The van der Waals surface area contributed by atoms with E-state index in [2.05, 4.69) is 0 Å². The van der Waals surface area contributed by atoms with Crippen LogP contribution in [0.3, 0.4) is 0 Å². The molecular weight excluding hydrogens is 228 g/mol. The predicted octanol–water partition coefficient (Wildman–Crippen LogP) is 3.42. The molecular formula is C12H9ClO3. The Bertz CT molecular complexity index is 517. The second-order valence-electron chi connectivity index (χ2n) is 3.17. The van der Waals surface area contributed by atoms with Crippen LogP contribution in [0.5, 0.6) is 5.75 Å². The van der Waals surface area contributed by atoms with Crippen molar-refractivity contribution in [3.63, 3.8) is 0 Å². The van der Waals surface area contributed by atoms with Gasteiger partial charge in [0.05, 0.1) is 12.1 Å². The van der Waals surface area contributed by atoms with Crippen LogP contribution in [0.25, 0.3) is 11.3 Å². The van der Waals surface area contributed by atoms with E-state index in [0.717, 1.165) is 5.56 Å². The SMILES string of the molecule is COc1ccc(-c2ccc(C=O)o2)c(Cl)c1. The van der Waals surface area contributed by atoms with Gasteiger partial charge in [-0.2, -0.15) is 0 Å². The molecule has 0 fully saturated rings. The first kappa shape index (κ1) is 10.8. The number of aldehydes is 1. The van der Waals surface area contributed by atoms with Crippen molar-refractivity contribution in [3.8, 4) is 17.1 Å². The highest BCUT2D eigenvalue weighted by Crippen LogP contribution is 2.31. The average molecular weight is 237 g/mol. The first-order valence-electron chi connectivity index (χ1n) is 4.63. The van der Waals surface area contributed by atoms with Crippen molar-refractivity contribution in [1.29, 1.82) is 0 Å². The van der Waals surface area contributed by atoms with Crippen molar-refractivity contribution in [2.45, 2.75) is 0 Å². The fourth-order valence-corrected chi connectivity index (χ4v) is 1.65. The molecule has 82 valence electrons. The highest BCUT2D eigenvalue weighted by molar-refractivity contribution is 6.33. The smallest absolute Gasteiger partial charge is 0.185 e. The Hall–Kier alpha value is -1.74. The molecule has 0 radical (unpaired) electrons. The first-order chi connectivity index (χ1) is 7.74. The molecule has 0 saturated heterocycles. The molecule has 0 aliphatic carbocycles. The van der Waals surface area contributed by atoms with Crippen molar-refractivity contribution >= 4 is 17.9 Å². The van der Waals surface area contributed by atoms with E-state index in [4.69, 9.17) is 20.8 Å². The second-order valence-corrected chi connectivity index (χ2v) is 3.57. The van der Waals surface area contributed by atoms with Gasteiger partial charge in [-0.15, -0.1) is 0 Å². The van der Waals surface area contributed by atoms with E-state index >= 15 is 0 Å². The lowest BCUT2D eigenvalue weighted by atomic mass is 10.1. The number of carbonyl (C=O) groups is 1. The number of hydrogen-bond acceptors (Lipinski definition) is 3. The number of halogens is 1. The molecule has 0 bridgehead atoms. The van der Waals surface area contributed by atoms with Gasteiger partial charge in [0.2, 0.25) is 0 Å². The summed E-state index contributed by atoms with van der Waals surface area (Å²) in [6.07, 6.45) is 0.654. The lowest BCUT2D eigenvalue weighted by Crippen LogP contribution is -1.83. The molecule has 1 aromatic heterocycles. The fraction of sp³-hybridized carbons (Fsp3) is 0.0833. The summed E-state index contributed by atoms with van der Waals surface area (Å²) in [6, 6.07) is 8.57. The number of furan rings is 1. The van der Waals surface area contributed by atoms with Gasteiger partial charge in [-0.25, -0.2) is 0 Å². The Kier molecular flexibility index (Phi) is 2.97. The zero-order valence-corrected chi connectivity index (χ0v) is 9.32. The topological polar surface area (TPSA) is 39.4 Å². The summed E-state index contributed by atoms with van der Waals surface area (Å²) in [4.78, 5) is 10.5. The van der Waals surface area contributed by atoms with E-state index in [0.29, 0.717) is 22.8 Å². The number of ether oxygens (including phenoxy) is 1. The molecule has 4 heteroatoms. The van der Waals surface area contributed by atoms with E-state index in [1.54, 1.807) is 37.4 Å². The van der Waals surface area contributed by atoms with Crippen LogP contribution in [0.1, 0.15) is 10.6 Å². The minimum Gasteiger partial charge on any atom is -0.497 e. The van der Waals surface area contributed by atoms with Gasteiger partial charge in [0.1, 0.15) is 11.5 Å². The van der Waals surface area contributed by atoms with Gasteiger partial charge < -0.3 is 9.15 Å². The van der Waals surface area contributed by atoms with Gasteiger partial charge in [-0.3, -0.25) is 4.79 Å². The Morgan fingerprint density at radius 1 is 1.31 bits per heavy atom. The largest absolute Gasteiger partial charge is 0.497 e. The zero-order chi connectivity index (χ0) is 11.5. The standard InChI is InChI=1S/C12H9ClO3/c1-15-8-2-4-10(11(13)6-8)12-5-3-9(7-14)16-12/h2-7H,1H3. The number of carbonyl (C=O) groups excluding carboxylic acids is 1. The molecule has 16 heavy (non-hydrogen) atoms. The normalized spacial score (nSPS) is 10.1. The third-order valence-electron chi connectivity index (χ3n) is 2.18. The highest BCUT2D eigenvalue weighted by Gasteiger charge is 2.09. The van der Waals surface area contributed by atoms with Gasteiger partial charge >= 0.3 is 0 Å². The quantitative estimate of drug-likeness (QED) is 0.767. The summed E-state index contributed by atoms with van der Waals surface area (Å²) in [5, 5.41) is 0.520. The van der Waals surface area contributed by atoms with E-state index in [9.17, 15) is 4.79 Å². The molecule has 1 aromatic carbocycles. The maximum absolute atomic E-state index is 10.5. The highest BCUT2D eigenvalue weighted by atomic mass is 35.5. The van der Waals surface area contributed by atoms with E-state index < -0.39 is 0 Å². The lowest BCUT2D eigenvalue weighted by Gasteiger charge is -2.03. The number of hydrogen-bond donors (Lipinski definition) is 0. The predicted molar refractivity (Wildman–Crippen MR) is 61.1 cm³/mol. The van der Waals surface area contributed by atoms with Crippen LogP contribution < -0.4 is 4.74 Å². The summed E-state index contributed by atoms with van der Waals surface area (Å²) in [5.41, 5.74) is 0.732. The monoisotopic (exact) mass is 236 g/mol. The van der Waals surface area contributed by atoms with Crippen molar-refractivity contribution in [2.24, 2.45) is 0 Å². The molecule has 3 nitrogen and oxygen atoms in total. The summed E-state index contributed by atoms with van der Waals surface area (Å²) >= 11 is 6.07. The summed E-state index contributed by atoms with van der Waals surface area (Å²) < 4.78 is 10.3. The van der Waals surface area contributed by atoms with Crippen LogP contribution >= 0.6 is 11.6 Å². The van der Waals surface area contributed by atoms with Gasteiger partial charge in [-0.05, 0) is 30.3 Å². The van der Waals surface area contributed by atoms with E-state index in [1.165, 1.54) is 0 Å². The number of benzene rings is 1. The van der Waals surface area contributed by atoms with Gasteiger partial charge in [0.15, 0.2) is 12.0 Å². The molecule has 0 atom stereocenters. The van der Waals surface area contributed by atoms with E-state index in [-0.39, 0.29) is 5.76 Å². The molecule has 0 aliphatic heterocycles. The van der Waals surface area contributed by atoms with Gasteiger partial charge in [0, 0.05) is 5.56 Å². The Labute approximate surface area is 97.6 Å². The Morgan fingerprint density at radius 2 is 2.12 bits per heavy atom. The molecule has 0 amide bonds. The maximum Gasteiger partial charge on any atom is 0.185 e. The van der Waals surface area contributed by atoms with Crippen molar-refractivity contribution in [1.82, 2.24) is 0 Å². The van der Waals surface area contributed by atoms with Crippen LogP contribution in [0.15, 0.2) is 34.7 Å². The van der Waals surface area contributed by atoms with Crippen LogP contribution in [0, 0.1) is 0 Å². The lowest BCUT2D eigenvalue weighted by molar-refractivity contribution is 0.110. The molecule has 2 aromatic rings. The maximum atomic E-state index is 10.5. The molecule has 0 unspecified atom stereocenters. The van der Waals surface area contributed by atoms with E-state index in [1.807, 2.05) is 0 Å². The van der Waals surface area contributed by atoms with Crippen LogP contribution in [0.2, 0.25) is 5.02 Å². The van der Waals surface area contributed by atoms with Crippen molar-refractivity contribution < 1.29 is 13.9 Å². The van der Waals surface area contributed by atoms with Crippen LogP contribution in [0.4, 0.5) is 0 Å². The molecule has 0 saturated carbocycles. The minimum atomic E-state index is 0.280. The first-order valence-corrected chi connectivity index (χ1v) is 5.01. The molecule has 1 heterocycles. The molecule has 0 N–H and O–H groups in total. The van der Waals surface area contributed by atoms with Crippen molar-refractivity contribution in [3.05, 3.63) is 41.1 Å².